The van der Waals surface area contributed by atoms with Gasteiger partial charge in [-0.1, -0.05) is 0 Å². The number of rotatable bonds is 5. The van der Waals surface area contributed by atoms with Gasteiger partial charge in [-0.3, -0.25) is 19.9 Å². The predicted molar refractivity (Wildman–Crippen MR) is 55.2 cm³/mol. The molecule has 0 aromatic heterocycles. The first kappa shape index (κ1) is 13.4. The summed E-state index contributed by atoms with van der Waals surface area (Å²) in [6, 6.07) is -0.873. The van der Waals surface area contributed by atoms with Crippen LogP contribution < -0.4 is 16.8 Å². The Morgan fingerprint density at radius 1 is 1.53 bits per heavy atom. The molecule has 0 radical (unpaired) electrons. The molecule has 0 aliphatic carbocycles. The molecule has 0 heterocycles. The SMILES string of the molecule is CC(=O)NC(N)=NCCC[C@H](N)C(=O)O. The van der Waals surface area contributed by atoms with E-state index in [0.29, 0.717) is 19.4 Å². The van der Waals surface area contributed by atoms with Crippen molar-refractivity contribution in [1.82, 2.24) is 5.32 Å². The van der Waals surface area contributed by atoms with E-state index in [2.05, 4.69) is 10.3 Å². The molecule has 1 atom stereocenters. The zero-order valence-electron chi connectivity index (χ0n) is 8.56. The predicted octanol–water partition coefficient (Wildman–Crippen LogP) is -1.37. The molecule has 0 aromatic rings. The number of carbonyl (C=O) groups is 2. The van der Waals surface area contributed by atoms with Crippen molar-refractivity contribution in [3.05, 3.63) is 0 Å². The van der Waals surface area contributed by atoms with E-state index in [1.165, 1.54) is 6.92 Å². The van der Waals surface area contributed by atoms with Gasteiger partial charge in [-0.25, -0.2) is 0 Å². The zero-order valence-corrected chi connectivity index (χ0v) is 8.56. The van der Waals surface area contributed by atoms with Crippen LogP contribution in [0.2, 0.25) is 0 Å². The van der Waals surface area contributed by atoms with Gasteiger partial charge in [0.05, 0.1) is 0 Å². The minimum absolute atomic E-state index is 0.0337. The van der Waals surface area contributed by atoms with E-state index >= 15 is 0 Å². The van der Waals surface area contributed by atoms with Crippen LogP contribution in [0, 0.1) is 0 Å². The third kappa shape index (κ3) is 7.44. The molecular weight excluding hydrogens is 200 g/mol. The molecule has 15 heavy (non-hydrogen) atoms. The van der Waals surface area contributed by atoms with Gasteiger partial charge >= 0.3 is 5.97 Å². The molecule has 0 unspecified atom stereocenters. The number of aliphatic imine (C=N–C) groups is 1. The molecule has 7 heteroatoms. The number of carbonyl (C=O) groups excluding carboxylic acids is 1. The maximum absolute atomic E-state index is 10.5. The first-order valence-corrected chi connectivity index (χ1v) is 4.49. The Labute approximate surface area is 87.5 Å². The summed E-state index contributed by atoms with van der Waals surface area (Å²) in [5.74, 6) is -1.29. The number of nitrogens with zero attached hydrogens (tertiary/aromatic N) is 1. The number of nitrogens with two attached hydrogens (primary N) is 2. The maximum Gasteiger partial charge on any atom is 0.320 e. The summed E-state index contributed by atoms with van der Waals surface area (Å²) < 4.78 is 0. The Bertz CT molecular complexity index is 265. The Hall–Kier alpha value is -1.63. The molecule has 0 aromatic carbocycles. The van der Waals surface area contributed by atoms with Crippen molar-refractivity contribution in [3.63, 3.8) is 0 Å². The molecule has 6 N–H and O–H groups in total. The number of nitrogens with one attached hydrogen (secondary N) is 1. The van der Waals surface area contributed by atoms with E-state index in [1.54, 1.807) is 0 Å². The Morgan fingerprint density at radius 2 is 2.13 bits per heavy atom. The van der Waals surface area contributed by atoms with Crippen molar-refractivity contribution >= 4 is 17.8 Å². The Morgan fingerprint density at radius 3 is 2.60 bits per heavy atom. The summed E-state index contributed by atoms with van der Waals surface area (Å²) in [6.45, 7) is 1.66. The van der Waals surface area contributed by atoms with Gasteiger partial charge in [0.1, 0.15) is 6.04 Å². The van der Waals surface area contributed by atoms with Crippen molar-refractivity contribution in [2.24, 2.45) is 16.5 Å². The number of carboxylic acids is 1. The topological polar surface area (TPSA) is 131 Å². The summed E-state index contributed by atoms with van der Waals surface area (Å²) in [7, 11) is 0. The molecule has 7 nitrogen and oxygen atoms in total. The zero-order chi connectivity index (χ0) is 11.8. The fraction of sp³-hybridized carbons (Fsp3) is 0.625. The van der Waals surface area contributed by atoms with Crippen molar-refractivity contribution in [2.75, 3.05) is 6.54 Å². The van der Waals surface area contributed by atoms with E-state index in [-0.39, 0.29) is 11.9 Å². The van der Waals surface area contributed by atoms with Crippen molar-refractivity contribution in [1.29, 1.82) is 0 Å². The summed E-state index contributed by atoms with van der Waals surface area (Å²) in [5, 5.41) is 10.8. The number of guanidine groups is 1. The van der Waals surface area contributed by atoms with Gasteiger partial charge in [0.2, 0.25) is 5.91 Å². The van der Waals surface area contributed by atoms with Gasteiger partial charge in [0.25, 0.3) is 0 Å². The van der Waals surface area contributed by atoms with E-state index < -0.39 is 12.0 Å². The first-order valence-electron chi connectivity index (χ1n) is 4.49. The average Bonchev–Trinajstić information content (AvgIpc) is 2.10. The van der Waals surface area contributed by atoms with Crippen LogP contribution in [-0.4, -0.2) is 35.5 Å². The molecule has 1 amide bonds. The quantitative estimate of drug-likeness (QED) is 0.256. The third-order valence-electron chi connectivity index (χ3n) is 1.58. The van der Waals surface area contributed by atoms with Gasteiger partial charge in [-0.2, -0.15) is 0 Å². The largest absolute Gasteiger partial charge is 0.480 e. The molecule has 0 aliphatic rings. The van der Waals surface area contributed by atoms with Gasteiger partial charge in [-0.05, 0) is 12.8 Å². The lowest BCUT2D eigenvalue weighted by Gasteiger charge is -2.04. The minimum atomic E-state index is -1.03. The van der Waals surface area contributed by atoms with Crippen molar-refractivity contribution in [2.45, 2.75) is 25.8 Å². The number of hydrogen-bond donors (Lipinski definition) is 4. The number of aliphatic carboxylic acids is 1. The Balaban J connectivity index is 3.69. The van der Waals surface area contributed by atoms with Crippen molar-refractivity contribution in [3.8, 4) is 0 Å². The molecule has 0 saturated heterocycles. The van der Waals surface area contributed by atoms with E-state index in [9.17, 15) is 9.59 Å². The Kier molecular flexibility index (Phi) is 6.03. The molecule has 86 valence electrons. The molecule has 0 spiro atoms. The average molecular weight is 216 g/mol. The van der Waals surface area contributed by atoms with Crippen LogP contribution in [0.4, 0.5) is 0 Å². The second-order valence-corrected chi connectivity index (χ2v) is 3.04. The highest BCUT2D eigenvalue weighted by Gasteiger charge is 2.09. The summed E-state index contributed by atoms with van der Waals surface area (Å²) in [6.07, 6.45) is 0.833. The van der Waals surface area contributed by atoms with E-state index in [1.807, 2.05) is 0 Å². The van der Waals surface area contributed by atoms with Crippen LogP contribution in [0.25, 0.3) is 0 Å². The summed E-state index contributed by atoms with van der Waals surface area (Å²) in [4.78, 5) is 24.7. The van der Waals surface area contributed by atoms with Crippen LogP contribution in [0.15, 0.2) is 4.99 Å². The van der Waals surface area contributed by atoms with Crippen LogP contribution in [0.5, 0.6) is 0 Å². The highest BCUT2D eigenvalue weighted by atomic mass is 16.4. The molecule has 0 rings (SSSR count). The summed E-state index contributed by atoms with van der Waals surface area (Å²) in [5.41, 5.74) is 10.6. The summed E-state index contributed by atoms with van der Waals surface area (Å²) >= 11 is 0. The molecule has 0 fully saturated rings. The number of carboxylic acid groups (broad SMARTS) is 1. The lowest BCUT2D eigenvalue weighted by Crippen LogP contribution is -2.35. The van der Waals surface area contributed by atoms with Gasteiger partial charge in [0.15, 0.2) is 5.96 Å². The highest BCUT2D eigenvalue weighted by molar-refractivity contribution is 5.94. The molecular formula is C8H16N4O3. The number of amides is 1. The molecule has 0 saturated carbocycles. The second-order valence-electron chi connectivity index (χ2n) is 3.04. The number of hydrogen-bond acceptors (Lipinski definition) is 4. The van der Waals surface area contributed by atoms with E-state index in [0.717, 1.165) is 0 Å². The molecule has 0 aliphatic heterocycles. The maximum atomic E-state index is 10.5. The normalized spacial score (nSPS) is 13.3. The monoisotopic (exact) mass is 216 g/mol. The fourth-order valence-corrected chi connectivity index (χ4v) is 0.854. The first-order chi connectivity index (χ1) is 6.93. The van der Waals surface area contributed by atoms with Gasteiger partial charge in [-0.15, -0.1) is 0 Å². The minimum Gasteiger partial charge on any atom is -0.480 e. The third-order valence-corrected chi connectivity index (χ3v) is 1.58. The lowest BCUT2D eigenvalue weighted by molar-refractivity contribution is -0.138. The smallest absolute Gasteiger partial charge is 0.320 e. The van der Waals surface area contributed by atoms with Crippen LogP contribution in [-0.2, 0) is 9.59 Å². The van der Waals surface area contributed by atoms with Gasteiger partial charge in [0, 0.05) is 13.5 Å². The standard InChI is InChI=1S/C8H16N4O3/c1-5(13)12-8(10)11-4-2-3-6(9)7(14)15/h6H,2-4,9H2,1H3,(H,14,15)(H3,10,11,12,13)/t6-/m0/s1. The van der Waals surface area contributed by atoms with E-state index in [4.69, 9.17) is 16.6 Å². The van der Waals surface area contributed by atoms with Crippen LogP contribution >= 0.6 is 0 Å². The second kappa shape index (κ2) is 6.77. The fourth-order valence-electron chi connectivity index (χ4n) is 0.854. The molecule has 0 bridgehead atoms. The highest BCUT2D eigenvalue weighted by Crippen LogP contribution is 1.94. The lowest BCUT2D eigenvalue weighted by atomic mass is 10.2. The van der Waals surface area contributed by atoms with Crippen molar-refractivity contribution < 1.29 is 14.7 Å². The van der Waals surface area contributed by atoms with Crippen LogP contribution in [0.1, 0.15) is 19.8 Å². The van der Waals surface area contributed by atoms with Gasteiger partial charge < -0.3 is 16.6 Å². The van der Waals surface area contributed by atoms with Crippen LogP contribution in [0.3, 0.4) is 0 Å².